The second kappa shape index (κ2) is 30.4. The Morgan fingerprint density at radius 2 is 1.60 bits per heavy atom. The average molecular weight is 1150 g/mol. The molecule has 2 fully saturated rings. The second-order valence-corrected chi connectivity index (χ2v) is 21.1. The molecule has 21 nitrogen and oxygen atoms in total. The number of pyridine rings is 1. The van der Waals surface area contributed by atoms with Gasteiger partial charge in [0.05, 0.1) is 70.2 Å². The maximum atomic E-state index is 14.1. The number of aliphatic hydroxyl groups excluding tert-OH is 1. The van der Waals surface area contributed by atoms with Crippen LogP contribution in [0.15, 0.2) is 120 Å². The fourth-order valence-electron chi connectivity index (χ4n) is 9.46. The van der Waals surface area contributed by atoms with Crippen molar-refractivity contribution in [3.8, 4) is 0 Å². The number of rotatable bonds is 32. The van der Waals surface area contributed by atoms with Crippen LogP contribution in [0.5, 0.6) is 0 Å². The maximum absolute atomic E-state index is 14.1. The first kappa shape index (κ1) is 59.7. The number of fused-ring (bicyclic) bond motifs is 1. The van der Waals surface area contributed by atoms with Crippen molar-refractivity contribution in [1.29, 1.82) is 0 Å². The van der Waals surface area contributed by atoms with Gasteiger partial charge in [0.2, 0.25) is 11.8 Å². The van der Waals surface area contributed by atoms with Crippen molar-refractivity contribution in [2.75, 3.05) is 58.5 Å². The number of carbonyl (C=O) groups is 6. The minimum Gasteiger partial charge on any atom is -0.388 e. The number of ketones is 2. The van der Waals surface area contributed by atoms with Gasteiger partial charge in [-0.2, -0.15) is 11.8 Å². The zero-order chi connectivity index (χ0) is 56.9. The van der Waals surface area contributed by atoms with Gasteiger partial charge in [0.15, 0.2) is 11.6 Å². The van der Waals surface area contributed by atoms with Crippen LogP contribution in [0.1, 0.15) is 94.1 Å². The van der Waals surface area contributed by atoms with Crippen molar-refractivity contribution >= 4 is 64.5 Å². The third-order valence-electron chi connectivity index (χ3n) is 13.6. The number of urea groups is 1. The van der Waals surface area contributed by atoms with Gasteiger partial charge in [-0.15, -0.1) is 5.10 Å². The monoisotopic (exact) mass is 1150 g/mol. The van der Waals surface area contributed by atoms with Crippen LogP contribution in [0.25, 0.3) is 0 Å². The maximum Gasteiger partial charge on any atom is 0.315 e. The third kappa shape index (κ3) is 17.3. The molecule has 81 heavy (non-hydrogen) atoms. The molecule has 428 valence electrons. The van der Waals surface area contributed by atoms with E-state index in [0.717, 1.165) is 24.7 Å². The molecule has 3 aliphatic rings. The fourth-order valence-corrected chi connectivity index (χ4v) is 11.3. The Bertz CT molecular complexity index is 3030. The SMILES string of the molecule is O=C(CCCC[C@@H]1SC[C@@H]2NC(=O)N[C@@H]21)N[C@@H](CCCCNC(=O)c1ccc(C(=O)c2ccccc2)cc1)C(=O)NCCOCCOCCn1cc(COCC2=C(C(=O)CO)C(c3ccc(F)cc3Cl)N=C(c3ccncc3)N2)nn1. The number of benzene rings is 3. The number of aliphatic hydroxyl groups is 1. The van der Waals surface area contributed by atoms with Gasteiger partial charge in [0.25, 0.3) is 5.91 Å². The van der Waals surface area contributed by atoms with Crippen molar-refractivity contribution < 1.29 is 52.5 Å². The van der Waals surface area contributed by atoms with E-state index in [9.17, 15) is 38.3 Å². The molecule has 0 saturated carbocycles. The van der Waals surface area contributed by atoms with Crippen molar-refractivity contribution in [2.45, 2.75) is 87.5 Å². The molecule has 8 rings (SSSR count). The number of aromatic nitrogens is 4. The number of carbonyl (C=O) groups excluding carboxylic acids is 6. The minimum absolute atomic E-state index is 0.0224. The van der Waals surface area contributed by atoms with Gasteiger partial charge in [-0.3, -0.25) is 33.9 Å². The minimum atomic E-state index is -0.970. The number of Topliss-reactive ketones (excluding diaryl/α,β-unsaturated/α-hetero) is 1. The van der Waals surface area contributed by atoms with Gasteiger partial charge in [0, 0.05) is 81.3 Å². The van der Waals surface area contributed by atoms with E-state index >= 15 is 0 Å². The highest BCUT2D eigenvalue weighted by atomic mass is 35.5. The number of hydrogen-bond acceptors (Lipinski definition) is 16. The molecule has 0 spiro atoms. The molecule has 24 heteroatoms. The van der Waals surface area contributed by atoms with Gasteiger partial charge in [-0.05, 0) is 68.5 Å². The van der Waals surface area contributed by atoms with Crippen molar-refractivity contribution in [3.63, 3.8) is 0 Å². The number of nitrogens with one attached hydrogen (secondary N) is 6. The average Bonchev–Trinajstić information content (AvgIpc) is 4.22. The van der Waals surface area contributed by atoms with Gasteiger partial charge in [0.1, 0.15) is 36.0 Å². The summed E-state index contributed by atoms with van der Waals surface area (Å²) in [5.41, 5.74) is 3.45. The summed E-state index contributed by atoms with van der Waals surface area (Å²) in [4.78, 5) is 86.2. The van der Waals surface area contributed by atoms with Crippen molar-refractivity contribution in [3.05, 3.63) is 159 Å². The van der Waals surface area contributed by atoms with Crippen LogP contribution in [0, 0.1) is 5.82 Å². The summed E-state index contributed by atoms with van der Waals surface area (Å²) in [5.74, 6) is -0.906. The molecule has 5 aromatic rings. The number of thioether (sulfide) groups is 1. The van der Waals surface area contributed by atoms with Gasteiger partial charge in [-0.1, -0.05) is 71.8 Å². The number of unbranched alkanes of at least 4 members (excludes halogenated alkanes) is 2. The lowest BCUT2D eigenvalue weighted by atomic mass is 9.92. The number of amides is 5. The topological polar surface area (TPSA) is 278 Å². The Balaban J connectivity index is 0.735. The highest BCUT2D eigenvalue weighted by Crippen LogP contribution is 2.37. The van der Waals surface area contributed by atoms with E-state index in [1.54, 1.807) is 83.9 Å². The molecule has 1 unspecified atom stereocenters. The first-order chi connectivity index (χ1) is 39.4. The van der Waals surface area contributed by atoms with E-state index in [1.807, 2.05) is 17.8 Å². The van der Waals surface area contributed by atoms with Crippen LogP contribution in [0.4, 0.5) is 9.18 Å². The Kier molecular flexibility index (Phi) is 22.4. The summed E-state index contributed by atoms with van der Waals surface area (Å²) in [6.07, 6.45) is 8.87. The Labute approximate surface area is 477 Å². The third-order valence-corrected chi connectivity index (χ3v) is 15.5. The highest BCUT2D eigenvalue weighted by Gasteiger charge is 2.42. The first-order valence-electron chi connectivity index (χ1n) is 26.9. The first-order valence-corrected chi connectivity index (χ1v) is 28.3. The van der Waals surface area contributed by atoms with Crippen molar-refractivity contribution in [2.24, 2.45) is 4.99 Å². The van der Waals surface area contributed by atoms with Gasteiger partial charge >= 0.3 is 6.03 Å². The molecule has 5 atom stereocenters. The summed E-state index contributed by atoms with van der Waals surface area (Å²) in [5, 5.41) is 36.4. The molecule has 0 radical (unpaired) electrons. The highest BCUT2D eigenvalue weighted by molar-refractivity contribution is 8.00. The van der Waals surface area contributed by atoms with Gasteiger partial charge < -0.3 is 51.2 Å². The summed E-state index contributed by atoms with van der Waals surface area (Å²) >= 11 is 8.28. The molecule has 5 amide bonds. The summed E-state index contributed by atoms with van der Waals surface area (Å²) in [6, 6.07) is 21.0. The lowest BCUT2D eigenvalue weighted by molar-refractivity contribution is -0.129. The van der Waals surface area contributed by atoms with E-state index in [4.69, 9.17) is 30.8 Å². The smallest absolute Gasteiger partial charge is 0.315 e. The predicted octanol–water partition coefficient (Wildman–Crippen LogP) is 4.78. The van der Waals surface area contributed by atoms with Crippen LogP contribution >= 0.6 is 23.4 Å². The second-order valence-electron chi connectivity index (χ2n) is 19.4. The summed E-state index contributed by atoms with van der Waals surface area (Å²) in [6.45, 7) is 1.05. The Morgan fingerprint density at radius 1 is 0.840 bits per heavy atom. The summed E-state index contributed by atoms with van der Waals surface area (Å²) < 4.78 is 33.1. The molecule has 0 aliphatic carbocycles. The largest absolute Gasteiger partial charge is 0.388 e. The molecular formula is C57H65ClFN11O10S. The van der Waals surface area contributed by atoms with Crippen LogP contribution in [-0.4, -0.2) is 148 Å². The fraction of sp³-hybridized carbons (Fsp3) is 0.404. The normalized spacial score (nSPS) is 17.8. The molecule has 2 saturated heterocycles. The van der Waals surface area contributed by atoms with Crippen molar-refractivity contribution in [1.82, 2.24) is 51.9 Å². The zero-order valence-corrected chi connectivity index (χ0v) is 46.0. The standard InChI is InChI=1S/C57H65ClFN11O10S/c58-43-30-40(59)17-18-42(43)51-50(47(72)32-71)45(64-54(66-51)38-19-22-60-23-20-38)34-80-33-41-31-70(69-68-41)25-27-79-29-28-78-26-24-62-56(76)44(63-49(73)12-5-4-11-48-52-46(35-81-48)65-57(77)67-52)10-6-7-21-61-55(75)39-15-13-37(14-16-39)53(74)36-8-2-1-3-9-36/h1-3,8-9,13-20,22-23,30-31,44,46,48,51-52,71H,4-7,10-12,21,24-29,32-35H2,(H,61,75)(H,62,76)(H,63,73)(H,64,66)(H2,65,67,77)/t44-,46-,48-,51?,52-/m0/s1. The molecule has 3 aromatic carbocycles. The van der Waals surface area contributed by atoms with E-state index in [1.165, 1.54) is 12.1 Å². The van der Waals surface area contributed by atoms with E-state index < -0.39 is 30.3 Å². The number of nitrogens with zero attached hydrogens (tertiary/aromatic N) is 5. The molecule has 3 aliphatic heterocycles. The van der Waals surface area contributed by atoms with Gasteiger partial charge in [-0.25, -0.2) is 13.9 Å². The summed E-state index contributed by atoms with van der Waals surface area (Å²) in [7, 11) is 0. The predicted molar refractivity (Wildman–Crippen MR) is 300 cm³/mol. The number of hydrogen-bond donors (Lipinski definition) is 7. The Hall–Kier alpha value is -7.41. The molecule has 2 aromatic heterocycles. The zero-order valence-electron chi connectivity index (χ0n) is 44.5. The van der Waals surface area contributed by atoms with Crippen LogP contribution in [0.2, 0.25) is 5.02 Å². The van der Waals surface area contributed by atoms with Crippen LogP contribution in [-0.2, 0) is 41.7 Å². The van der Waals surface area contributed by atoms with Crippen LogP contribution < -0.4 is 31.9 Å². The molecule has 5 heterocycles. The molecule has 7 N–H and O–H groups in total. The number of aliphatic imine (C=N–C) groups is 1. The number of amidine groups is 1. The van der Waals surface area contributed by atoms with Crippen LogP contribution in [0.3, 0.4) is 0 Å². The van der Waals surface area contributed by atoms with E-state index in [-0.39, 0.29) is 103 Å². The van der Waals surface area contributed by atoms with E-state index in [2.05, 4.69) is 47.2 Å². The lowest BCUT2D eigenvalue weighted by Gasteiger charge is -2.28. The molecular weight excluding hydrogens is 1090 g/mol. The number of ether oxygens (including phenoxy) is 3. The quantitative estimate of drug-likeness (QED) is 0.0173. The number of halogens is 2. The lowest BCUT2D eigenvalue weighted by Crippen LogP contribution is -2.47. The van der Waals surface area contributed by atoms with E-state index in [0.29, 0.717) is 90.4 Å². The molecule has 0 bridgehead atoms. The Morgan fingerprint density at radius 3 is 2.38 bits per heavy atom.